The molecule has 5 heteroatoms. The summed E-state index contributed by atoms with van der Waals surface area (Å²) in [6, 6.07) is 0.418. The van der Waals surface area contributed by atoms with E-state index in [1.165, 1.54) is 0 Å². The predicted molar refractivity (Wildman–Crippen MR) is 82.3 cm³/mol. The molecule has 0 aromatic heterocycles. The Balaban J connectivity index is 1.72. The van der Waals surface area contributed by atoms with Crippen molar-refractivity contribution in [1.82, 2.24) is 10.2 Å². The van der Waals surface area contributed by atoms with Gasteiger partial charge in [-0.05, 0) is 45.2 Å². The quantitative estimate of drug-likeness (QED) is 0.775. The number of hydrogen-bond acceptors (Lipinski definition) is 4. The van der Waals surface area contributed by atoms with Crippen molar-refractivity contribution in [2.24, 2.45) is 0 Å². The first-order chi connectivity index (χ1) is 10.3. The van der Waals surface area contributed by atoms with Crippen molar-refractivity contribution in [2.75, 3.05) is 39.5 Å². The van der Waals surface area contributed by atoms with Crippen molar-refractivity contribution in [3.8, 4) is 0 Å². The molecule has 0 aliphatic carbocycles. The van der Waals surface area contributed by atoms with Gasteiger partial charge in [0.1, 0.15) is 0 Å². The van der Waals surface area contributed by atoms with E-state index in [4.69, 9.17) is 9.47 Å². The van der Waals surface area contributed by atoms with E-state index < -0.39 is 0 Å². The Hall–Kier alpha value is -0.650. The van der Waals surface area contributed by atoms with Crippen LogP contribution in [0.25, 0.3) is 0 Å². The van der Waals surface area contributed by atoms with Gasteiger partial charge in [-0.15, -0.1) is 0 Å². The van der Waals surface area contributed by atoms with E-state index >= 15 is 0 Å². The number of nitrogens with zero attached hydrogens (tertiary/aromatic N) is 1. The van der Waals surface area contributed by atoms with E-state index in [1.54, 1.807) is 0 Å². The summed E-state index contributed by atoms with van der Waals surface area (Å²) in [6.07, 6.45) is 5.89. The molecule has 21 heavy (non-hydrogen) atoms. The Morgan fingerprint density at radius 3 is 2.62 bits per heavy atom. The fourth-order valence-corrected chi connectivity index (χ4v) is 3.17. The Morgan fingerprint density at radius 2 is 1.95 bits per heavy atom. The van der Waals surface area contributed by atoms with Crippen LogP contribution in [-0.4, -0.2) is 62.4 Å². The van der Waals surface area contributed by atoms with Gasteiger partial charge in [0, 0.05) is 25.8 Å². The maximum absolute atomic E-state index is 12.5. The van der Waals surface area contributed by atoms with Crippen LogP contribution in [0.4, 0.5) is 0 Å². The number of ether oxygens (including phenoxy) is 2. The molecule has 2 rings (SSSR count). The summed E-state index contributed by atoms with van der Waals surface area (Å²) in [4.78, 5) is 14.6. The molecule has 122 valence electrons. The van der Waals surface area contributed by atoms with Crippen LogP contribution in [0.5, 0.6) is 0 Å². The van der Waals surface area contributed by atoms with Gasteiger partial charge in [0.15, 0.2) is 0 Å². The SMILES string of the molecule is CCCN(C(=O)CCOC1CCOCC1)C1CCNCC1. The first-order valence-corrected chi connectivity index (χ1v) is 8.50. The number of carbonyl (C=O) groups is 1. The lowest BCUT2D eigenvalue weighted by atomic mass is 10.0. The third kappa shape index (κ3) is 5.57. The van der Waals surface area contributed by atoms with Crippen molar-refractivity contribution >= 4 is 5.91 Å². The highest BCUT2D eigenvalue weighted by molar-refractivity contribution is 5.76. The van der Waals surface area contributed by atoms with Crippen molar-refractivity contribution < 1.29 is 14.3 Å². The van der Waals surface area contributed by atoms with Crippen molar-refractivity contribution in [2.45, 2.75) is 57.6 Å². The molecule has 2 heterocycles. The summed E-state index contributed by atoms with van der Waals surface area (Å²) in [5, 5.41) is 3.36. The van der Waals surface area contributed by atoms with Gasteiger partial charge in [-0.3, -0.25) is 4.79 Å². The molecule has 2 saturated heterocycles. The molecule has 2 fully saturated rings. The number of carbonyl (C=O) groups excluding carboxylic acids is 1. The molecule has 2 aliphatic rings. The first-order valence-electron chi connectivity index (χ1n) is 8.50. The normalized spacial score (nSPS) is 21.4. The molecular weight excluding hydrogens is 268 g/mol. The fourth-order valence-electron chi connectivity index (χ4n) is 3.17. The Labute approximate surface area is 128 Å². The third-order valence-corrected chi connectivity index (χ3v) is 4.37. The van der Waals surface area contributed by atoms with Gasteiger partial charge in [0.25, 0.3) is 0 Å². The van der Waals surface area contributed by atoms with Gasteiger partial charge in [0.05, 0.1) is 19.1 Å². The minimum absolute atomic E-state index is 0.260. The van der Waals surface area contributed by atoms with Crippen molar-refractivity contribution in [1.29, 1.82) is 0 Å². The Bertz CT molecular complexity index is 300. The molecule has 0 unspecified atom stereocenters. The van der Waals surface area contributed by atoms with Crippen molar-refractivity contribution in [3.05, 3.63) is 0 Å². The van der Waals surface area contributed by atoms with Gasteiger partial charge in [0.2, 0.25) is 5.91 Å². The maximum Gasteiger partial charge on any atom is 0.225 e. The van der Waals surface area contributed by atoms with E-state index in [-0.39, 0.29) is 12.0 Å². The van der Waals surface area contributed by atoms with Gasteiger partial charge in [-0.1, -0.05) is 6.92 Å². The average molecular weight is 298 g/mol. The van der Waals surface area contributed by atoms with E-state index in [9.17, 15) is 4.79 Å². The smallest absolute Gasteiger partial charge is 0.225 e. The van der Waals surface area contributed by atoms with Crippen LogP contribution >= 0.6 is 0 Å². The van der Waals surface area contributed by atoms with Crippen LogP contribution in [-0.2, 0) is 14.3 Å². The van der Waals surface area contributed by atoms with Gasteiger partial charge >= 0.3 is 0 Å². The Morgan fingerprint density at radius 1 is 1.24 bits per heavy atom. The van der Waals surface area contributed by atoms with Crippen LogP contribution in [0.3, 0.4) is 0 Å². The zero-order valence-electron chi connectivity index (χ0n) is 13.3. The third-order valence-electron chi connectivity index (χ3n) is 4.37. The lowest BCUT2D eigenvalue weighted by molar-refractivity contribution is -0.136. The van der Waals surface area contributed by atoms with Gasteiger partial charge in [-0.2, -0.15) is 0 Å². The number of nitrogens with one attached hydrogen (secondary N) is 1. The lowest BCUT2D eigenvalue weighted by Gasteiger charge is -2.35. The maximum atomic E-state index is 12.5. The minimum Gasteiger partial charge on any atom is -0.381 e. The summed E-state index contributed by atoms with van der Waals surface area (Å²) in [7, 11) is 0. The second-order valence-corrected chi connectivity index (χ2v) is 6.00. The second kappa shape index (κ2) is 9.38. The van der Waals surface area contributed by atoms with Crippen LogP contribution < -0.4 is 5.32 Å². The van der Waals surface area contributed by atoms with Crippen LogP contribution in [0, 0.1) is 0 Å². The number of rotatable bonds is 7. The molecule has 0 aromatic carbocycles. The number of amides is 1. The molecule has 5 nitrogen and oxygen atoms in total. The summed E-state index contributed by atoms with van der Waals surface area (Å²) >= 11 is 0. The highest BCUT2D eigenvalue weighted by Gasteiger charge is 2.24. The molecule has 2 aliphatic heterocycles. The van der Waals surface area contributed by atoms with Gasteiger partial charge in [-0.25, -0.2) is 0 Å². The molecular formula is C16H30N2O3. The molecule has 0 atom stereocenters. The Kier molecular flexibility index (Phi) is 7.47. The van der Waals surface area contributed by atoms with E-state index in [0.29, 0.717) is 19.1 Å². The zero-order chi connectivity index (χ0) is 14.9. The second-order valence-electron chi connectivity index (χ2n) is 6.00. The van der Waals surface area contributed by atoms with Crippen LogP contribution in [0.15, 0.2) is 0 Å². The highest BCUT2D eigenvalue weighted by atomic mass is 16.5. The topological polar surface area (TPSA) is 50.8 Å². The molecule has 0 saturated carbocycles. The van der Waals surface area contributed by atoms with Crippen LogP contribution in [0.1, 0.15) is 45.4 Å². The minimum atomic E-state index is 0.260. The summed E-state index contributed by atoms with van der Waals surface area (Å²) in [5.74, 6) is 0.260. The lowest BCUT2D eigenvalue weighted by Crippen LogP contribution is -2.46. The summed E-state index contributed by atoms with van der Waals surface area (Å²) in [6.45, 7) is 7.19. The monoisotopic (exact) mass is 298 g/mol. The largest absolute Gasteiger partial charge is 0.381 e. The van der Waals surface area contributed by atoms with Crippen molar-refractivity contribution in [3.63, 3.8) is 0 Å². The molecule has 0 bridgehead atoms. The molecule has 0 radical (unpaired) electrons. The average Bonchev–Trinajstić information content (AvgIpc) is 2.54. The predicted octanol–water partition coefficient (Wildman–Crippen LogP) is 1.56. The highest BCUT2D eigenvalue weighted by Crippen LogP contribution is 2.15. The summed E-state index contributed by atoms with van der Waals surface area (Å²) < 4.78 is 11.1. The van der Waals surface area contributed by atoms with Gasteiger partial charge < -0.3 is 19.7 Å². The number of piperidine rings is 1. The molecule has 1 amide bonds. The van der Waals surface area contributed by atoms with E-state index in [0.717, 1.165) is 65.0 Å². The van der Waals surface area contributed by atoms with E-state index in [1.807, 2.05) is 0 Å². The molecule has 0 aromatic rings. The standard InChI is InChI=1S/C16H30N2O3/c1-2-10-18(14-3-8-17-9-4-14)16(19)7-13-21-15-5-11-20-12-6-15/h14-15,17H,2-13H2,1H3. The van der Waals surface area contributed by atoms with E-state index in [2.05, 4.69) is 17.1 Å². The molecule has 0 spiro atoms. The fraction of sp³-hybridized carbons (Fsp3) is 0.938. The zero-order valence-corrected chi connectivity index (χ0v) is 13.3. The number of hydrogen-bond donors (Lipinski definition) is 1. The first kappa shape index (κ1) is 16.7. The van der Waals surface area contributed by atoms with Crippen LogP contribution in [0.2, 0.25) is 0 Å². The summed E-state index contributed by atoms with van der Waals surface area (Å²) in [5.41, 5.74) is 0. The molecule has 1 N–H and O–H groups in total.